The molecule has 7 heteroatoms. The Morgan fingerprint density at radius 3 is 2.35 bits per heavy atom. The van der Waals surface area contributed by atoms with Crippen molar-refractivity contribution in [2.24, 2.45) is 10.9 Å². The Balaban J connectivity index is 0.00000361. The second-order valence-corrected chi connectivity index (χ2v) is 7.84. The van der Waals surface area contributed by atoms with Gasteiger partial charge in [-0.2, -0.15) is 0 Å². The monoisotopic (exact) mass is 417 g/mol. The van der Waals surface area contributed by atoms with E-state index in [1.165, 1.54) is 31.9 Å². The highest BCUT2D eigenvalue weighted by molar-refractivity contribution is 14.0. The van der Waals surface area contributed by atoms with Crippen molar-refractivity contribution in [1.29, 1.82) is 0 Å². The molecule has 0 bridgehead atoms. The molecule has 0 aromatic rings. The van der Waals surface area contributed by atoms with Crippen LogP contribution in [0.25, 0.3) is 0 Å². The molecule has 0 aromatic carbocycles. The molecular weight excluding hydrogens is 389 g/mol. The molecule has 0 aromatic heterocycles. The summed E-state index contributed by atoms with van der Waals surface area (Å²) in [7, 11) is -1.12. The topological polar surface area (TPSA) is 70.6 Å². The van der Waals surface area contributed by atoms with E-state index in [2.05, 4.69) is 22.5 Å². The highest BCUT2D eigenvalue weighted by atomic mass is 127. The van der Waals surface area contributed by atoms with Gasteiger partial charge in [-0.25, -0.2) is 8.42 Å². The average molecular weight is 417 g/mol. The first-order chi connectivity index (χ1) is 8.90. The van der Waals surface area contributed by atoms with Crippen molar-refractivity contribution < 1.29 is 8.42 Å². The van der Waals surface area contributed by atoms with Crippen LogP contribution in [0.2, 0.25) is 0 Å². The molecule has 1 rings (SSSR count). The van der Waals surface area contributed by atoms with Gasteiger partial charge in [-0.3, -0.25) is 4.99 Å². The number of rotatable bonds is 5. The number of sulfone groups is 1. The summed E-state index contributed by atoms with van der Waals surface area (Å²) in [6, 6.07) is 0.498. The Labute approximate surface area is 140 Å². The van der Waals surface area contributed by atoms with E-state index < -0.39 is 9.84 Å². The molecule has 0 unspecified atom stereocenters. The van der Waals surface area contributed by atoms with Crippen LogP contribution in [0.3, 0.4) is 0 Å². The fourth-order valence-corrected chi connectivity index (χ4v) is 3.00. The van der Waals surface area contributed by atoms with Crippen LogP contribution in [0, 0.1) is 5.92 Å². The van der Waals surface area contributed by atoms with Crippen molar-refractivity contribution in [2.45, 2.75) is 45.1 Å². The summed E-state index contributed by atoms with van der Waals surface area (Å²) >= 11 is 0. The lowest BCUT2D eigenvalue weighted by Gasteiger charge is -2.28. The molecule has 120 valence electrons. The molecule has 20 heavy (non-hydrogen) atoms. The van der Waals surface area contributed by atoms with E-state index >= 15 is 0 Å². The van der Waals surface area contributed by atoms with Crippen molar-refractivity contribution in [3.63, 3.8) is 0 Å². The van der Waals surface area contributed by atoms with Crippen LogP contribution < -0.4 is 10.6 Å². The van der Waals surface area contributed by atoms with Gasteiger partial charge < -0.3 is 10.6 Å². The minimum Gasteiger partial charge on any atom is -0.356 e. The van der Waals surface area contributed by atoms with Gasteiger partial charge in [-0.05, 0) is 38.0 Å². The van der Waals surface area contributed by atoms with Gasteiger partial charge in [0.05, 0.1) is 5.75 Å². The fraction of sp³-hybridized carbons (Fsp3) is 0.923. The lowest BCUT2D eigenvalue weighted by atomic mass is 9.87. The van der Waals surface area contributed by atoms with E-state index in [0.29, 0.717) is 19.0 Å². The Morgan fingerprint density at radius 2 is 1.85 bits per heavy atom. The van der Waals surface area contributed by atoms with Gasteiger partial charge in [0.1, 0.15) is 9.84 Å². The smallest absolute Gasteiger partial charge is 0.191 e. The predicted molar refractivity (Wildman–Crippen MR) is 95.7 cm³/mol. The number of hydrogen-bond donors (Lipinski definition) is 2. The first kappa shape index (κ1) is 19.9. The minimum absolute atomic E-state index is 0. The number of aliphatic imine (C=N–C) groups is 1. The average Bonchev–Trinajstić information content (AvgIpc) is 2.34. The zero-order valence-corrected chi connectivity index (χ0v) is 15.8. The maximum absolute atomic E-state index is 11.0. The lowest BCUT2D eigenvalue weighted by molar-refractivity contribution is 0.329. The van der Waals surface area contributed by atoms with Crippen molar-refractivity contribution in [3.8, 4) is 0 Å². The molecule has 1 fully saturated rings. The van der Waals surface area contributed by atoms with Gasteiger partial charge in [0.25, 0.3) is 0 Å². The fourth-order valence-electron chi connectivity index (χ4n) is 2.33. The van der Waals surface area contributed by atoms with E-state index in [4.69, 9.17) is 0 Å². The number of guanidine groups is 1. The summed E-state index contributed by atoms with van der Waals surface area (Å²) < 4.78 is 22.0. The molecule has 0 aliphatic heterocycles. The summed E-state index contributed by atoms with van der Waals surface area (Å²) in [6.07, 6.45) is 6.78. The number of nitrogens with one attached hydrogen (secondary N) is 2. The number of halogens is 1. The van der Waals surface area contributed by atoms with Crippen molar-refractivity contribution in [2.75, 3.05) is 25.6 Å². The highest BCUT2D eigenvalue weighted by Gasteiger charge is 2.18. The first-order valence-corrected chi connectivity index (χ1v) is 9.11. The molecule has 1 saturated carbocycles. The predicted octanol–water partition coefficient (Wildman–Crippen LogP) is 1.78. The van der Waals surface area contributed by atoms with E-state index in [1.54, 1.807) is 7.05 Å². The largest absolute Gasteiger partial charge is 0.356 e. The van der Waals surface area contributed by atoms with Crippen LogP contribution in [0.5, 0.6) is 0 Å². The molecule has 2 N–H and O–H groups in total. The number of hydrogen-bond acceptors (Lipinski definition) is 3. The normalized spacial score (nSPS) is 23.9. The summed E-state index contributed by atoms with van der Waals surface area (Å²) in [4.78, 5) is 4.18. The quantitative estimate of drug-likeness (QED) is 0.310. The molecule has 0 amide bonds. The molecule has 1 aliphatic rings. The molecule has 0 heterocycles. The van der Waals surface area contributed by atoms with Crippen LogP contribution in [0.15, 0.2) is 4.99 Å². The van der Waals surface area contributed by atoms with E-state index in [-0.39, 0.29) is 29.7 Å². The third kappa shape index (κ3) is 8.99. The van der Waals surface area contributed by atoms with Crippen LogP contribution in [-0.2, 0) is 9.84 Å². The zero-order valence-electron chi connectivity index (χ0n) is 12.7. The van der Waals surface area contributed by atoms with E-state index in [0.717, 1.165) is 11.9 Å². The third-order valence-corrected chi connectivity index (χ3v) is 4.59. The van der Waals surface area contributed by atoms with Crippen molar-refractivity contribution in [1.82, 2.24) is 10.6 Å². The minimum atomic E-state index is -2.86. The summed E-state index contributed by atoms with van der Waals surface area (Å²) in [5.74, 6) is 1.84. The summed E-state index contributed by atoms with van der Waals surface area (Å²) in [6.45, 7) is 2.93. The Hall–Kier alpha value is -0.0500. The number of nitrogens with zero attached hydrogens (tertiary/aromatic N) is 1. The van der Waals surface area contributed by atoms with Gasteiger partial charge >= 0.3 is 0 Å². The van der Waals surface area contributed by atoms with Gasteiger partial charge in [0.15, 0.2) is 5.96 Å². The van der Waals surface area contributed by atoms with E-state index in [1.807, 2.05) is 0 Å². The van der Waals surface area contributed by atoms with Crippen LogP contribution in [0.1, 0.15) is 39.0 Å². The molecular formula is C13H28IN3O2S. The van der Waals surface area contributed by atoms with Crippen LogP contribution >= 0.6 is 24.0 Å². The molecule has 0 radical (unpaired) electrons. The lowest BCUT2D eigenvalue weighted by Crippen LogP contribution is -2.45. The van der Waals surface area contributed by atoms with E-state index in [9.17, 15) is 8.42 Å². The highest BCUT2D eigenvalue weighted by Crippen LogP contribution is 2.23. The van der Waals surface area contributed by atoms with Crippen molar-refractivity contribution in [3.05, 3.63) is 0 Å². The van der Waals surface area contributed by atoms with Gasteiger partial charge in [0, 0.05) is 25.9 Å². The summed E-state index contributed by atoms with van der Waals surface area (Å²) in [5.41, 5.74) is 0. The molecule has 0 spiro atoms. The van der Waals surface area contributed by atoms with Gasteiger partial charge in [0.2, 0.25) is 0 Å². The van der Waals surface area contributed by atoms with Gasteiger partial charge in [-0.15, -0.1) is 24.0 Å². The van der Waals surface area contributed by atoms with Crippen molar-refractivity contribution >= 4 is 39.8 Å². The molecule has 0 saturated heterocycles. The molecule has 1 aliphatic carbocycles. The van der Waals surface area contributed by atoms with Crippen LogP contribution in [-0.4, -0.2) is 46.0 Å². The van der Waals surface area contributed by atoms with Crippen LogP contribution in [0.4, 0.5) is 0 Å². The second kappa shape index (κ2) is 9.81. The first-order valence-electron chi connectivity index (χ1n) is 7.05. The summed E-state index contributed by atoms with van der Waals surface area (Å²) in [5, 5.41) is 6.59. The third-order valence-electron chi connectivity index (χ3n) is 3.56. The Kier molecular flexibility index (Phi) is 9.78. The SMILES string of the molecule is CN=C(NCCCS(C)(=O)=O)NC1CCC(C)CC1.I. The second-order valence-electron chi connectivity index (χ2n) is 5.58. The van der Waals surface area contributed by atoms with Gasteiger partial charge in [-0.1, -0.05) is 6.92 Å². The standard InChI is InChI=1S/C13H27N3O2S.HI/c1-11-5-7-12(8-6-11)16-13(14-2)15-9-4-10-19(3,17)18;/h11-12H,4-10H2,1-3H3,(H2,14,15,16);1H. The maximum atomic E-state index is 11.0. The zero-order chi connectivity index (χ0) is 14.3. The maximum Gasteiger partial charge on any atom is 0.191 e. The molecule has 5 nitrogen and oxygen atoms in total. The Morgan fingerprint density at radius 1 is 1.25 bits per heavy atom. The Bertz CT molecular complexity index is 390. The molecule has 0 atom stereocenters.